The molecule has 1 heterocycles. The number of benzene rings is 2. The van der Waals surface area contributed by atoms with E-state index in [1.54, 1.807) is 26.4 Å². The van der Waals surface area contributed by atoms with Crippen molar-refractivity contribution >= 4 is 29.1 Å². The number of carbonyl (C=O) groups is 2. The molecule has 0 aromatic heterocycles. The van der Waals surface area contributed by atoms with Gasteiger partial charge in [-0.25, -0.2) is 0 Å². The van der Waals surface area contributed by atoms with E-state index >= 15 is 0 Å². The van der Waals surface area contributed by atoms with E-state index in [1.807, 2.05) is 42.5 Å². The fraction of sp³-hybridized carbons (Fsp3) is 0.273. The molecule has 0 radical (unpaired) electrons. The molecular weight excluding hydrogens is 374 g/mol. The standard InChI is InChI=1S/C22H23NO4S/c1-26-14-6-13-23-21(24)19(17-9-11-18(27-2)12-10-17)20(22(23)25)28-15-16-7-4-3-5-8-16/h3-5,7-12H,6,13-15H2,1-2H3. The first-order valence-corrected chi connectivity index (χ1v) is 10.0. The van der Waals surface area contributed by atoms with Gasteiger partial charge in [-0.1, -0.05) is 42.5 Å². The number of rotatable bonds is 9. The zero-order valence-corrected chi connectivity index (χ0v) is 16.8. The third-order valence-corrected chi connectivity index (χ3v) is 5.61. The van der Waals surface area contributed by atoms with Gasteiger partial charge >= 0.3 is 0 Å². The van der Waals surface area contributed by atoms with Crippen LogP contribution in [0.3, 0.4) is 0 Å². The van der Waals surface area contributed by atoms with E-state index in [9.17, 15) is 9.59 Å². The van der Waals surface area contributed by atoms with Crippen LogP contribution in [0.1, 0.15) is 17.5 Å². The SMILES string of the molecule is COCCCN1C(=O)C(SCc2ccccc2)=C(c2ccc(OC)cc2)C1=O. The highest BCUT2D eigenvalue weighted by Crippen LogP contribution is 2.38. The molecule has 0 aliphatic carbocycles. The summed E-state index contributed by atoms with van der Waals surface area (Å²) in [6.45, 7) is 0.849. The first-order valence-electron chi connectivity index (χ1n) is 9.06. The molecule has 0 bridgehead atoms. The Morgan fingerprint density at radius 3 is 2.29 bits per heavy atom. The van der Waals surface area contributed by atoms with E-state index in [-0.39, 0.29) is 11.8 Å². The monoisotopic (exact) mass is 397 g/mol. The maximum Gasteiger partial charge on any atom is 0.267 e. The minimum atomic E-state index is -0.248. The Hall–Kier alpha value is -2.57. The van der Waals surface area contributed by atoms with Crippen LogP contribution in [0.4, 0.5) is 0 Å². The number of ether oxygens (including phenoxy) is 2. The Balaban J connectivity index is 1.89. The molecule has 1 aliphatic rings. The second kappa shape index (κ2) is 9.57. The summed E-state index contributed by atoms with van der Waals surface area (Å²) in [7, 11) is 3.20. The molecule has 1 aliphatic heterocycles. The molecule has 0 atom stereocenters. The highest BCUT2D eigenvalue weighted by Gasteiger charge is 2.38. The van der Waals surface area contributed by atoms with E-state index < -0.39 is 0 Å². The summed E-state index contributed by atoms with van der Waals surface area (Å²) in [4.78, 5) is 27.9. The number of amides is 2. The molecule has 0 unspecified atom stereocenters. The molecule has 6 heteroatoms. The van der Waals surface area contributed by atoms with Gasteiger partial charge < -0.3 is 9.47 Å². The van der Waals surface area contributed by atoms with Crippen LogP contribution in [0.2, 0.25) is 0 Å². The summed E-state index contributed by atoms with van der Waals surface area (Å²) >= 11 is 1.41. The van der Waals surface area contributed by atoms with Gasteiger partial charge in [-0.05, 0) is 29.7 Å². The van der Waals surface area contributed by atoms with Crippen molar-refractivity contribution in [2.45, 2.75) is 12.2 Å². The third-order valence-electron chi connectivity index (χ3n) is 4.46. The average Bonchev–Trinajstić information content (AvgIpc) is 2.97. The number of methoxy groups -OCH3 is 2. The molecule has 3 rings (SSSR count). The van der Waals surface area contributed by atoms with Crippen LogP contribution in [-0.4, -0.2) is 44.1 Å². The molecule has 0 N–H and O–H groups in total. The smallest absolute Gasteiger partial charge is 0.267 e. The van der Waals surface area contributed by atoms with Crippen LogP contribution in [-0.2, 0) is 20.1 Å². The minimum Gasteiger partial charge on any atom is -0.497 e. The highest BCUT2D eigenvalue weighted by atomic mass is 32.2. The summed E-state index contributed by atoms with van der Waals surface area (Å²) in [6.07, 6.45) is 0.612. The summed E-state index contributed by atoms with van der Waals surface area (Å²) in [5.74, 6) is 0.854. The number of hydrogen-bond donors (Lipinski definition) is 0. The minimum absolute atomic E-state index is 0.229. The van der Waals surface area contributed by atoms with Gasteiger partial charge in [0, 0.05) is 26.0 Å². The lowest BCUT2D eigenvalue weighted by atomic mass is 10.1. The van der Waals surface area contributed by atoms with E-state index in [0.717, 1.165) is 11.1 Å². The van der Waals surface area contributed by atoms with Crippen molar-refractivity contribution in [2.24, 2.45) is 0 Å². The normalized spacial score (nSPS) is 14.1. The van der Waals surface area contributed by atoms with Crippen molar-refractivity contribution < 1.29 is 19.1 Å². The van der Waals surface area contributed by atoms with Crippen LogP contribution >= 0.6 is 11.8 Å². The predicted octanol–water partition coefficient (Wildman–Crippen LogP) is 3.75. The second-order valence-electron chi connectivity index (χ2n) is 6.32. The topological polar surface area (TPSA) is 55.8 Å². The van der Waals surface area contributed by atoms with Crippen molar-refractivity contribution in [3.63, 3.8) is 0 Å². The fourth-order valence-corrected chi connectivity index (χ4v) is 4.09. The van der Waals surface area contributed by atoms with E-state index in [2.05, 4.69) is 0 Å². The zero-order chi connectivity index (χ0) is 19.9. The van der Waals surface area contributed by atoms with Gasteiger partial charge in [0.05, 0.1) is 17.6 Å². The average molecular weight is 397 g/mol. The highest BCUT2D eigenvalue weighted by molar-refractivity contribution is 8.03. The molecular formula is C22H23NO4S. The van der Waals surface area contributed by atoms with Crippen molar-refractivity contribution in [1.82, 2.24) is 4.90 Å². The Labute approximate surface area is 169 Å². The molecule has 0 saturated heterocycles. The summed E-state index contributed by atoms with van der Waals surface area (Å²) < 4.78 is 10.3. The van der Waals surface area contributed by atoms with Crippen LogP contribution in [0.25, 0.3) is 5.57 Å². The van der Waals surface area contributed by atoms with E-state index in [4.69, 9.17) is 9.47 Å². The molecule has 0 fully saturated rings. The number of imide groups is 1. The van der Waals surface area contributed by atoms with Gasteiger partial charge in [-0.2, -0.15) is 0 Å². The lowest BCUT2D eigenvalue weighted by molar-refractivity contribution is -0.136. The molecule has 0 spiro atoms. The number of carbonyl (C=O) groups excluding carboxylic acids is 2. The lowest BCUT2D eigenvalue weighted by Gasteiger charge is -2.14. The van der Waals surface area contributed by atoms with E-state index in [1.165, 1.54) is 16.7 Å². The molecule has 2 aromatic rings. The molecule has 0 saturated carbocycles. The van der Waals surface area contributed by atoms with E-state index in [0.29, 0.717) is 41.6 Å². The van der Waals surface area contributed by atoms with Gasteiger partial charge in [0.2, 0.25) is 0 Å². The summed E-state index contributed by atoms with van der Waals surface area (Å²) in [6, 6.07) is 17.2. The second-order valence-corrected chi connectivity index (χ2v) is 7.30. The number of nitrogens with zero attached hydrogens (tertiary/aromatic N) is 1. The first kappa shape index (κ1) is 20.2. The quantitative estimate of drug-likeness (QED) is 0.477. The maximum atomic E-state index is 13.0. The zero-order valence-electron chi connectivity index (χ0n) is 16.0. The van der Waals surface area contributed by atoms with Gasteiger partial charge in [0.25, 0.3) is 11.8 Å². The van der Waals surface area contributed by atoms with Gasteiger partial charge in [-0.15, -0.1) is 11.8 Å². The summed E-state index contributed by atoms with van der Waals surface area (Å²) in [5.41, 5.74) is 2.29. The van der Waals surface area contributed by atoms with Crippen LogP contribution in [0.5, 0.6) is 5.75 Å². The van der Waals surface area contributed by atoms with Crippen LogP contribution in [0.15, 0.2) is 59.5 Å². The van der Waals surface area contributed by atoms with Crippen molar-refractivity contribution in [3.8, 4) is 5.75 Å². The molecule has 146 valence electrons. The Kier molecular flexibility index (Phi) is 6.90. The Morgan fingerprint density at radius 1 is 0.929 bits per heavy atom. The fourth-order valence-electron chi connectivity index (χ4n) is 3.00. The van der Waals surface area contributed by atoms with Crippen LogP contribution < -0.4 is 4.74 Å². The van der Waals surface area contributed by atoms with Gasteiger partial charge in [0.1, 0.15) is 5.75 Å². The third kappa shape index (κ3) is 4.46. The van der Waals surface area contributed by atoms with Crippen LogP contribution in [0, 0.1) is 0 Å². The van der Waals surface area contributed by atoms with Crippen molar-refractivity contribution in [2.75, 3.05) is 27.4 Å². The molecule has 2 amide bonds. The maximum absolute atomic E-state index is 13.0. The summed E-state index contributed by atoms with van der Waals surface area (Å²) in [5, 5.41) is 0. The Morgan fingerprint density at radius 2 is 1.64 bits per heavy atom. The first-order chi connectivity index (χ1) is 13.7. The molecule has 2 aromatic carbocycles. The number of thioether (sulfide) groups is 1. The predicted molar refractivity (Wildman–Crippen MR) is 111 cm³/mol. The lowest BCUT2D eigenvalue weighted by Crippen LogP contribution is -2.33. The van der Waals surface area contributed by atoms with Gasteiger partial charge in [0.15, 0.2) is 0 Å². The van der Waals surface area contributed by atoms with Crippen molar-refractivity contribution in [3.05, 3.63) is 70.6 Å². The largest absolute Gasteiger partial charge is 0.497 e. The Bertz CT molecular complexity index is 862. The number of hydrogen-bond acceptors (Lipinski definition) is 5. The molecule has 28 heavy (non-hydrogen) atoms. The van der Waals surface area contributed by atoms with Crippen molar-refractivity contribution in [1.29, 1.82) is 0 Å². The van der Waals surface area contributed by atoms with Gasteiger partial charge in [-0.3, -0.25) is 14.5 Å². The molecule has 5 nitrogen and oxygen atoms in total.